The van der Waals surface area contributed by atoms with Gasteiger partial charge in [0.15, 0.2) is 0 Å². The van der Waals surface area contributed by atoms with Gasteiger partial charge in [-0.05, 0) is 33.6 Å². The van der Waals surface area contributed by atoms with E-state index in [-0.39, 0.29) is 6.54 Å². The molecule has 0 aromatic carbocycles. The van der Waals surface area contributed by atoms with Crippen LogP contribution in [0.3, 0.4) is 0 Å². The fraction of sp³-hybridized carbons (Fsp3) is 0.600. The molecule has 1 unspecified atom stereocenters. The Bertz CT molecular complexity index is 608. The van der Waals surface area contributed by atoms with Crippen LogP contribution in [0.25, 0.3) is 0 Å². The summed E-state index contributed by atoms with van der Waals surface area (Å²) in [6, 6.07) is -0.573. The molecule has 1 N–H and O–H groups in total. The van der Waals surface area contributed by atoms with Crippen molar-refractivity contribution < 1.29 is 27.1 Å². The number of pyridine rings is 1. The smallest absolute Gasteiger partial charge is 0.410 e. The van der Waals surface area contributed by atoms with E-state index in [2.05, 4.69) is 10.3 Å². The van der Waals surface area contributed by atoms with Gasteiger partial charge in [0.05, 0.1) is 0 Å². The van der Waals surface area contributed by atoms with E-state index in [4.69, 9.17) is 4.74 Å². The van der Waals surface area contributed by atoms with Crippen molar-refractivity contribution in [2.45, 2.75) is 45.3 Å². The number of piperidine rings is 1. The molecule has 0 radical (unpaired) electrons. The molecule has 1 aliphatic rings. The lowest BCUT2D eigenvalue weighted by Gasteiger charge is -2.34. The normalized spacial score (nSPS) is 18.5. The second kappa shape index (κ2) is 6.82. The quantitative estimate of drug-likeness (QED) is 0.656. The van der Waals surface area contributed by atoms with Crippen molar-refractivity contribution in [2.24, 2.45) is 0 Å². The summed E-state index contributed by atoms with van der Waals surface area (Å²) in [6.07, 6.45) is 0.474. The van der Waals surface area contributed by atoms with Crippen molar-refractivity contribution in [3.8, 4) is 0 Å². The van der Waals surface area contributed by atoms with Crippen LogP contribution in [-0.4, -0.2) is 40.7 Å². The van der Waals surface area contributed by atoms with Gasteiger partial charge in [-0.25, -0.2) is 4.79 Å². The lowest BCUT2D eigenvalue weighted by atomic mass is 10.1. The number of hydrogen-bond acceptors (Lipinski definition) is 4. The molecular formula is C15H19F4N3O2. The van der Waals surface area contributed by atoms with Gasteiger partial charge in [0.1, 0.15) is 11.3 Å². The molecule has 1 fully saturated rings. The van der Waals surface area contributed by atoms with Crippen LogP contribution in [0, 0.1) is 23.5 Å². The average molecular weight is 349 g/mol. The molecular weight excluding hydrogens is 330 g/mol. The molecule has 0 aliphatic carbocycles. The molecule has 134 valence electrons. The minimum atomic E-state index is -1.73. The molecule has 1 aromatic heterocycles. The van der Waals surface area contributed by atoms with Crippen molar-refractivity contribution in [3.63, 3.8) is 0 Å². The average Bonchev–Trinajstić information content (AvgIpc) is 2.48. The number of amides is 1. The van der Waals surface area contributed by atoms with Gasteiger partial charge in [-0.1, -0.05) is 0 Å². The van der Waals surface area contributed by atoms with Gasteiger partial charge in [-0.2, -0.15) is 22.5 Å². The topological polar surface area (TPSA) is 54.5 Å². The third kappa shape index (κ3) is 4.27. The van der Waals surface area contributed by atoms with E-state index in [9.17, 15) is 22.4 Å². The van der Waals surface area contributed by atoms with Gasteiger partial charge in [0.2, 0.25) is 11.6 Å². The van der Waals surface area contributed by atoms with Crippen molar-refractivity contribution in [2.75, 3.05) is 18.4 Å². The van der Waals surface area contributed by atoms with Crippen LogP contribution < -0.4 is 5.32 Å². The minimum absolute atomic E-state index is 0.0966. The van der Waals surface area contributed by atoms with Crippen molar-refractivity contribution in [3.05, 3.63) is 23.5 Å². The molecule has 5 nitrogen and oxygen atoms in total. The molecule has 1 amide bonds. The Hall–Kier alpha value is -2.06. The molecule has 9 heteroatoms. The van der Waals surface area contributed by atoms with Crippen molar-refractivity contribution >= 4 is 11.8 Å². The van der Waals surface area contributed by atoms with Crippen LogP contribution in [0.15, 0.2) is 0 Å². The number of aromatic nitrogens is 1. The number of hydrogen-bond donors (Lipinski definition) is 1. The molecule has 2 heterocycles. The summed E-state index contributed by atoms with van der Waals surface area (Å²) in [7, 11) is 0. The molecule has 0 bridgehead atoms. The molecule has 24 heavy (non-hydrogen) atoms. The Morgan fingerprint density at radius 3 is 2.33 bits per heavy atom. The Morgan fingerprint density at radius 2 is 1.79 bits per heavy atom. The van der Waals surface area contributed by atoms with Crippen LogP contribution in [0.5, 0.6) is 0 Å². The number of rotatable bonds is 2. The molecule has 2 rings (SSSR count). The lowest BCUT2D eigenvalue weighted by molar-refractivity contribution is 0.0206. The molecule has 1 aromatic rings. The lowest BCUT2D eigenvalue weighted by Crippen LogP contribution is -2.47. The molecule has 1 atom stereocenters. The standard InChI is InChI=1S/C15H19F4N3O2/c1-15(2,3)24-14(23)22-6-4-5-8(7-22)20-11-9(16)12(18)21-13(19)10(11)17/h8H,4-7H2,1-3H3,(H,20,21). The summed E-state index contributed by atoms with van der Waals surface area (Å²) in [6.45, 7) is 5.68. The molecule has 1 saturated heterocycles. The molecule has 1 aliphatic heterocycles. The number of ether oxygens (including phenoxy) is 1. The van der Waals surface area contributed by atoms with E-state index in [1.807, 2.05) is 0 Å². The SMILES string of the molecule is CC(C)(C)OC(=O)N1CCCC(Nc2c(F)c(F)nc(F)c2F)C1. The van der Waals surface area contributed by atoms with Gasteiger partial charge in [0.25, 0.3) is 11.9 Å². The summed E-state index contributed by atoms with van der Waals surface area (Å²) < 4.78 is 58.9. The highest BCUT2D eigenvalue weighted by Crippen LogP contribution is 2.25. The summed E-state index contributed by atoms with van der Waals surface area (Å²) >= 11 is 0. The number of anilines is 1. The van der Waals surface area contributed by atoms with Gasteiger partial charge >= 0.3 is 6.09 Å². The third-order valence-corrected chi connectivity index (χ3v) is 3.42. The van der Waals surface area contributed by atoms with Gasteiger partial charge in [-0.15, -0.1) is 0 Å². The third-order valence-electron chi connectivity index (χ3n) is 3.42. The molecule has 0 saturated carbocycles. The summed E-state index contributed by atoms with van der Waals surface area (Å²) in [5, 5.41) is 2.43. The van der Waals surface area contributed by atoms with E-state index >= 15 is 0 Å². The molecule has 0 spiro atoms. The fourth-order valence-corrected chi connectivity index (χ4v) is 2.41. The van der Waals surface area contributed by atoms with Crippen molar-refractivity contribution in [1.29, 1.82) is 0 Å². The monoisotopic (exact) mass is 349 g/mol. The summed E-state index contributed by atoms with van der Waals surface area (Å²) in [4.78, 5) is 15.9. The van der Waals surface area contributed by atoms with E-state index in [1.165, 1.54) is 4.90 Å². The van der Waals surface area contributed by atoms with Gasteiger partial charge in [0, 0.05) is 19.1 Å². The Morgan fingerprint density at radius 1 is 1.21 bits per heavy atom. The maximum absolute atomic E-state index is 13.7. The number of nitrogens with zero attached hydrogens (tertiary/aromatic N) is 2. The number of nitrogens with one attached hydrogen (secondary N) is 1. The summed E-state index contributed by atoms with van der Waals surface area (Å²) in [5.74, 6) is -6.64. The minimum Gasteiger partial charge on any atom is -0.444 e. The van der Waals surface area contributed by atoms with E-state index in [0.29, 0.717) is 19.4 Å². The highest BCUT2D eigenvalue weighted by molar-refractivity contribution is 5.68. The predicted octanol–water partition coefficient (Wildman–Crippen LogP) is 3.45. The van der Waals surface area contributed by atoms with Gasteiger partial charge in [-0.3, -0.25) is 0 Å². The largest absolute Gasteiger partial charge is 0.444 e. The van der Waals surface area contributed by atoms with Crippen LogP contribution in [0.1, 0.15) is 33.6 Å². The number of carbonyl (C=O) groups is 1. The Balaban J connectivity index is 2.10. The zero-order valence-electron chi connectivity index (χ0n) is 13.6. The predicted molar refractivity (Wildman–Crippen MR) is 78.5 cm³/mol. The second-order valence-electron chi connectivity index (χ2n) is 6.61. The maximum atomic E-state index is 13.7. The first-order valence-electron chi connectivity index (χ1n) is 7.53. The zero-order chi connectivity index (χ0) is 18.1. The zero-order valence-corrected chi connectivity index (χ0v) is 13.6. The Kier molecular flexibility index (Phi) is 5.19. The number of carbonyl (C=O) groups excluding carboxylic acids is 1. The summed E-state index contributed by atoms with van der Waals surface area (Å²) in [5.41, 5.74) is -1.59. The Labute approximate surface area is 137 Å². The van der Waals surface area contributed by atoms with E-state index < -0.39 is 47.0 Å². The van der Waals surface area contributed by atoms with Gasteiger partial charge < -0.3 is 15.0 Å². The first-order chi connectivity index (χ1) is 11.1. The second-order valence-corrected chi connectivity index (χ2v) is 6.61. The van der Waals surface area contributed by atoms with Crippen LogP contribution in [0.2, 0.25) is 0 Å². The van der Waals surface area contributed by atoms with Crippen LogP contribution >= 0.6 is 0 Å². The van der Waals surface area contributed by atoms with E-state index in [0.717, 1.165) is 0 Å². The number of likely N-dealkylation sites (tertiary alicyclic amines) is 1. The number of halogens is 4. The highest BCUT2D eigenvalue weighted by Gasteiger charge is 2.29. The van der Waals surface area contributed by atoms with Crippen molar-refractivity contribution in [1.82, 2.24) is 9.88 Å². The maximum Gasteiger partial charge on any atom is 0.410 e. The first-order valence-corrected chi connectivity index (χ1v) is 7.53. The first kappa shape index (κ1) is 18.3. The van der Waals surface area contributed by atoms with E-state index in [1.54, 1.807) is 20.8 Å². The van der Waals surface area contributed by atoms with Crippen LogP contribution in [0.4, 0.5) is 28.0 Å². The highest BCUT2D eigenvalue weighted by atomic mass is 19.2. The van der Waals surface area contributed by atoms with Crippen LogP contribution in [-0.2, 0) is 4.74 Å². The fourth-order valence-electron chi connectivity index (χ4n) is 2.41.